The van der Waals surface area contributed by atoms with Crippen molar-refractivity contribution < 1.29 is 0 Å². The number of rotatable bonds is 6. The number of nitrogens with zero attached hydrogens (tertiary/aromatic N) is 1. The summed E-state index contributed by atoms with van der Waals surface area (Å²) < 4.78 is 0. The quantitative estimate of drug-likeness (QED) is 0.163. The molecule has 77 heavy (non-hydrogen) atoms. The lowest BCUT2D eigenvalue weighted by Gasteiger charge is -2.40. The highest BCUT2D eigenvalue weighted by Gasteiger charge is 2.52. The van der Waals surface area contributed by atoms with E-state index in [-0.39, 0.29) is 0 Å². The van der Waals surface area contributed by atoms with Crippen molar-refractivity contribution in [3.8, 4) is 55.6 Å². The Balaban J connectivity index is 0.936. The van der Waals surface area contributed by atoms with Gasteiger partial charge in [-0.2, -0.15) is 0 Å². The molecule has 0 bridgehead atoms. The average molecular weight is 1010 g/mol. The first-order valence-corrected chi connectivity index (χ1v) is 28.2. The van der Waals surface area contributed by atoms with Crippen LogP contribution in [0.4, 0.5) is 17.1 Å². The number of hydrogen-bond donors (Lipinski definition) is 0. The summed E-state index contributed by atoms with van der Waals surface area (Å²) in [4.78, 5) is 7.72. The minimum Gasteiger partial charge on any atom is -0.310 e. The van der Waals surface area contributed by atoms with E-state index in [0.29, 0.717) is 0 Å². The molecule has 16 rings (SSSR count). The normalized spacial score (nSPS) is 14.1. The fourth-order valence-electron chi connectivity index (χ4n) is 13.6. The lowest BCUT2D eigenvalue weighted by molar-refractivity contribution is 0.721. The van der Waals surface area contributed by atoms with Crippen LogP contribution in [-0.2, 0) is 10.8 Å². The van der Waals surface area contributed by atoms with Crippen molar-refractivity contribution in [1.29, 1.82) is 0 Å². The maximum absolute atomic E-state index is 2.53. The molecule has 2 heterocycles. The van der Waals surface area contributed by atoms with Crippen molar-refractivity contribution >= 4 is 40.6 Å². The van der Waals surface area contributed by atoms with E-state index in [1.54, 1.807) is 0 Å². The van der Waals surface area contributed by atoms with Crippen molar-refractivity contribution in [2.75, 3.05) is 4.90 Å². The van der Waals surface area contributed by atoms with Gasteiger partial charge in [-0.15, -0.1) is 0 Å². The molecule has 2 spiro atoms. The number of hydrogen-bond acceptors (Lipinski definition) is 3. The molecular weight excluding hydrogens is 967 g/mol. The molecule has 360 valence electrons. The minimum absolute atomic E-state index is 0.521. The van der Waals surface area contributed by atoms with Crippen LogP contribution in [0.1, 0.15) is 44.5 Å². The minimum atomic E-state index is -0.521. The smallest absolute Gasteiger partial charge is 0.0736 e. The van der Waals surface area contributed by atoms with Crippen LogP contribution in [0.2, 0.25) is 0 Å². The summed E-state index contributed by atoms with van der Waals surface area (Å²) in [5.41, 5.74) is 25.2. The molecule has 12 aromatic carbocycles. The third-order valence-corrected chi connectivity index (χ3v) is 19.1. The molecule has 0 N–H and O–H groups in total. The fourth-order valence-corrected chi connectivity index (χ4v) is 16.0. The summed E-state index contributed by atoms with van der Waals surface area (Å²) in [5.74, 6) is 0. The zero-order chi connectivity index (χ0) is 50.7. The van der Waals surface area contributed by atoms with E-state index >= 15 is 0 Å². The Morgan fingerprint density at radius 3 is 0.896 bits per heavy atom. The number of anilines is 3. The summed E-state index contributed by atoms with van der Waals surface area (Å²) in [5, 5.41) is 0. The van der Waals surface area contributed by atoms with Gasteiger partial charge in [-0.05, 0) is 179 Å². The third-order valence-electron chi connectivity index (χ3n) is 16.8. The largest absolute Gasteiger partial charge is 0.310 e. The van der Waals surface area contributed by atoms with Crippen LogP contribution in [0.15, 0.2) is 305 Å². The molecule has 0 radical (unpaired) electrons. The molecule has 0 aromatic heterocycles. The highest BCUT2D eigenvalue weighted by Crippen LogP contribution is 2.65. The molecule has 2 aliphatic carbocycles. The summed E-state index contributed by atoms with van der Waals surface area (Å²) in [6, 6.07) is 107. The Morgan fingerprint density at radius 2 is 0.506 bits per heavy atom. The Morgan fingerprint density at radius 1 is 0.208 bits per heavy atom. The van der Waals surface area contributed by atoms with Crippen molar-refractivity contribution in [2.45, 2.75) is 30.4 Å². The van der Waals surface area contributed by atoms with Gasteiger partial charge in [0.15, 0.2) is 0 Å². The van der Waals surface area contributed by atoms with Crippen molar-refractivity contribution in [2.24, 2.45) is 0 Å². The summed E-state index contributed by atoms with van der Waals surface area (Å²) >= 11 is 3.78. The van der Waals surface area contributed by atoms with Gasteiger partial charge in [0.25, 0.3) is 0 Å². The average Bonchev–Trinajstić information content (AvgIpc) is 4.18. The lowest BCUT2D eigenvalue weighted by Crippen LogP contribution is -2.32. The highest BCUT2D eigenvalue weighted by atomic mass is 32.2. The maximum atomic E-state index is 2.53. The first-order chi connectivity index (χ1) is 38.2. The van der Waals surface area contributed by atoms with Crippen molar-refractivity contribution in [1.82, 2.24) is 0 Å². The molecule has 0 fully saturated rings. The molecule has 4 aliphatic rings. The predicted octanol–water partition coefficient (Wildman–Crippen LogP) is 19.8. The summed E-state index contributed by atoms with van der Waals surface area (Å²) in [7, 11) is 0. The van der Waals surface area contributed by atoms with Crippen LogP contribution in [0.25, 0.3) is 55.6 Å². The van der Waals surface area contributed by atoms with Crippen LogP contribution in [0.3, 0.4) is 0 Å². The standard InChI is InChI=1S/C74H47NS2/c1-3-19-48(20-4-1)51-43-52(49-21-5-2-6-22-49)45-53(44-51)50-35-37-54(38-36-50)75(55-39-41-59-57-23-7-9-25-61(57)73(67(59)46-55)63-27-11-15-31-69(63)76-70-32-16-12-28-64(70)73)56-40-42-60-58-24-8-10-26-62(58)74(68(60)47-56)65-29-13-17-33-71(65)77-72-34-18-14-30-66(72)74/h1-47H. The Kier molecular flexibility index (Phi) is 10.0. The van der Waals surface area contributed by atoms with Crippen LogP contribution in [0.5, 0.6) is 0 Å². The Bertz CT molecular complexity index is 4000. The van der Waals surface area contributed by atoms with Crippen molar-refractivity contribution in [3.63, 3.8) is 0 Å². The summed E-state index contributed by atoms with van der Waals surface area (Å²) in [6.45, 7) is 0. The van der Waals surface area contributed by atoms with Gasteiger partial charge in [-0.3, -0.25) is 0 Å². The van der Waals surface area contributed by atoms with E-state index in [9.17, 15) is 0 Å². The SMILES string of the molecule is c1ccc(-c2cc(-c3ccccc3)cc(-c3ccc(N(c4ccc5c(c4)C4(c6ccccc6Sc6ccccc64)c4ccccc4-5)c4ccc5c(c4)C4(c6ccccc6Sc6ccccc64)c4ccccc4-5)cc3)c2)cc1. The maximum Gasteiger partial charge on any atom is 0.0736 e. The molecule has 1 nitrogen and oxygen atoms in total. The molecule has 12 aromatic rings. The monoisotopic (exact) mass is 1010 g/mol. The molecule has 2 aliphatic heterocycles. The second kappa shape index (κ2) is 17.3. The Labute approximate surface area is 458 Å². The van der Waals surface area contributed by atoms with Gasteiger partial charge in [0.1, 0.15) is 0 Å². The zero-order valence-electron chi connectivity index (χ0n) is 41.9. The molecular formula is C74H47NS2. The second-order valence-corrected chi connectivity index (χ2v) is 22.8. The third kappa shape index (κ3) is 6.51. The zero-order valence-corrected chi connectivity index (χ0v) is 43.5. The van der Waals surface area contributed by atoms with Gasteiger partial charge >= 0.3 is 0 Å². The van der Waals surface area contributed by atoms with Crippen LogP contribution in [0, 0.1) is 0 Å². The van der Waals surface area contributed by atoms with Crippen LogP contribution >= 0.6 is 23.5 Å². The number of fused-ring (bicyclic) bond motifs is 18. The summed E-state index contributed by atoms with van der Waals surface area (Å²) in [6.07, 6.45) is 0. The van der Waals surface area contributed by atoms with Gasteiger partial charge in [-0.1, -0.05) is 230 Å². The molecule has 3 heteroatoms. The van der Waals surface area contributed by atoms with Gasteiger partial charge < -0.3 is 4.90 Å². The van der Waals surface area contributed by atoms with Gasteiger partial charge in [-0.25, -0.2) is 0 Å². The van der Waals surface area contributed by atoms with Crippen molar-refractivity contribution in [3.05, 3.63) is 330 Å². The first-order valence-electron chi connectivity index (χ1n) is 26.6. The van der Waals surface area contributed by atoms with Gasteiger partial charge in [0.05, 0.1) is 10.8 Å². The Hall–Kier alpha value is -8.86. The number of benzene rings is 12. The highest BCUT2D eigenvalue weighted by molar-refractivity contribution is 7.99. The van der Waals surface area contributed by atoms with Gasteiger partial charge in [0.2, 0.25) is 0 Å². The van der Waals surface area contributed by atoms with E-state index in [0.717, 1.165) is 22.6 Å². The molecule has 0 unspecified atom stereocenters. The van der Waals surface area contributed by atoms with E-state index in [1.807, 2.05) is 23.5 Å². The molecule has 0 saturated heterocycles. The second-order valence-electron chi connectivity index (χ2n) is 20.7. The van der Waals surface area contributed by atoms with E-state index < -0.39 is 10.8 Å². The van der Waals surface area contributed by atoms with E-state index in [4.69, 9.17) is 0 Å². The molecule has 0 amide bonds. The molecule has 0 atom stereocenters. The van der Waals surface area contributed by atoms with Gasteiger partial charge in [0, 0.05) is 36.6 Å². The molecule has 0 saturated carbocycles. The predicted molar refractivity (Wildman–Crippen MR) is 320 cm³/mol. The van der Waals surface area contributed by atoms with Crippen LogP contribution < -0.4 is 4.90 Å². The topological polar surface area (TPSA) is 3.24 Å². The van der Waals surface area contributed by atoms with E-state index in [2.05, 4.69) is 290 Å². The fraction of sp³-hybridized carbons (Fsp3) is 0.0270. The van der Waals surface area contributed by atoms with E-state index in [1.165, 1.54) is 114 Å². The van der Waals surface area contributed by atoms with Crippen LogP contribution in [-0.4, -0.2) is 0 Å². The first kappa shape index (κ1) is 44.4. The lowest BCUT2D eigenvalue weighted by atomic mass is 9.67.